The molecule has 0 aliphatic rings. The van der Waals surface area contributed by atoms with Crippen molar-refractivity contribution in [1.29, 1.82) is 0 Å². The molecule has 0 unspecified atom stereocenters. The Morgan fingerprint density at radius 3 is 2.83 bits per heavy atom. The summed E-state index contributed by atoms with van der Waals surface area (Å²) in [4.78, 5) is 22.6. The number of thioether (sulfide) groups is 1. The van der Waals surface area contributed by atoms with E-state index in [1.54, 1.807) is 4.68 Å². The molecule has 0 atom stereocenters. The molecule has 122 valence electrons. The van der Waals surface area contributed by atoms with E-state index in [2.05, 4.69) is 26.2 Å². The van der Waals surface area contributed by atoms with E-state index < -0.39 is 6.03 Å². The van der Waals surface area contributed by atoms with Crippen molar-refractivity contribution in [2.75, 3.05) is 12.8 Å². The Morgan fingerprint density at radius 1 is 1.30 bits per heavy atom. The molecule has 0 spiro atoms. The van der Waals surface area contributed by atoms with Crippen molar-refractivity contribution in [2.45, 2.75) is 25.4 Å². The standard InChI is InChI=1S/C14H18N6O2S/c1-9-5-4-6-11(10(9)2)20-14(17-18-19-20)23-8-7-12(21)16-13(22)15-3/h4-6H,7-8H2,1-3H3,(H2,15,16,21,22). The zero-order valence-corrected chi connectivity index (χ0v) is 14.0. The second-order valence-corrected chi connectivity index (χ2v) is 5.88. The average molecular weight is 334 g/mol. The van der Waals surface area contributed by atoms with Gasteiger partial charge in [-0.1, -0.05) is 23.9 Å². The molecule has 1 heterocycles. The molecule has 8 nitrogen and oxygen atoms in total. The number of aryl methyl sites for hydroxylation is 1. The number of nitrogens with zero attached hydrogens (tertiary/aromatic N) is 4. The molecule has 0 aliphatic carbocycles. The highest BCUT2D eigenvalue weighted by atomic mass is 32.2. The van der Waals surface area contributed by atoms with Gasteiger partial charge in [0.1, 0.15) is 0 Å². The van der Waals surface area contributed by atoms with E-state index in [9.17, 15) is 9.59 Å². The highest BCUT2D eigenvalue weighted by molar-refractivity contribution is 7.99. The van der Waals surface area contributed by atoms with Gasteiger partial charge in [-0.05, 0) is 41.5 Å². The van der Waals surface area contributed by atoms with Gasteiger partial charge in [0.05, 0.1) is 5.69 Å². The molecule has 2 N–H and O–H groups in total. The number of amides is 3. The van der Waals surface area contributed by atoms with Crippen LogP contribution in [0.1, 0.15) is 17.5 Å². The van der Waals surface area contributed by atoms with E-state index >= 15 is 0 Å². The number of urea groups is 1. The Morgan fingerprint density at radius 2 is 2.09 bits per heavy atom. The number of benzene rings is 1. The van der Waals surface area contributed by atoms with Gasteiger partial charge in [0.2, 0.25) is 11.1 Å². The molecule has 0 saturated carbocycles. The molecule has 0 aliphatic heterocycles. The highest BCUT2D eigenvalue weighted by Crippen LogP contribution is 2.22. The van der Waals surface area contributed by atoms with Gasteiger partial charge in [0.15, 0.2) is 0 Å². The van der Waals surface area contributed by atoms with E-state index in [1.165, 1.54) is 18.8 Å². The zero-order valence-electron chi connectivity index (χ0n) is 13.2. The average Bonchev–Trinajstić information content (AvgIpc) is 2.98. The van der Waals surface area contributed by atoms with Crippen LogP contribution in [-0.4, -0.2) is 44.9 Å². The van der Waals surface area contributed by atoms with Gasteiger partial charge in [-0.3, -0.25) is 10.1 Å². The predicted octanol–water partition coefficient (Wildman–Crippen LogP) is 1.22. The van der Waals surface area contributed by atoms with Crippen LogP contribution in [0.25, 0.3) is 5.69 Å². The summed E-state index contributed by atoms with van der Waals surface area (Å²) in [6, 6.07) is 5.41. The van der Waals surface area contributed by atoms with Crippen molar-refractivity contribution < 1.29 is 9.59 Å². The summed E-state index contributed by atoms with van der Waals surface area (Å²) < 4.78 is 1.66. The first kappa shape index (κ1) is 16.9. The summed E-state index contributed by atoms with van der Waals surface area (Å²) in [5.41, 5.74) is 3.16. The molecule has 0 bridgehead atoms. The lowest BCUT2D eigenvalue weighted by molar-refractivity contribution is -0.119. The lowest BCUT2D eigenvalue weighted by atomic mass is 10.1. The number of aromatic nitrogens is 4. The van der Waals surface area contributed by atoms with Crippen LogP contribution in [0.5, 0.6) is 0 Å². The molecular weight excluding hydrogens is 316 g/mol. The third kappa shape index (κ3) is 4.28. The molecule has 3 amide bonds. The fraction of sp³-hybridized carbons (Fsp3) is 0.357. The van der Waals surface area contributed by atoms with Crippen LogP contribution in [0, 0.1) is 13.8 Å². The number of carbonyl (C=O) groups excluding carboxylic acids is 2. The molecule has 0 saturated heterocycles. The molecule has 0 fully saturated rings. The zero-order chi connectivity index (χ0) is 16.8. The normalized spacial score (nSPS) is 10.4. The molecule has 1 aromatic heterocycles. The number of hydrogen-bond donors (Lipinski definition) is 2. The van der Waals surface area contributed by atoms with Gasteiger partial charge in [0, 0.05) is 19.2 Å². The summed E-state index contributed by atoms with van der Waals surface area (Å²) in [7, 11) is 1.45. The predicted molar refractivity (Wildman–Crippen MR) is 86.6 cm³/mol. The van der Waals surface area contributed by atoms with Gasteiger partial charge < -0.3 is 5.32 Å². The quantitative estimate of drug-likeness (QED) is 0.797. The fourth-order valence-corrected chi connectivity index (χ4v) is 2.69. The third-order valence-corrected chi connectivity index (χ3v) is 4.21. The maximum atomic E-state index is 11.6. The van der Waals surface area contributed by atoms with E-state index in [0.29, 0.717) is 10.9 Å². The third-order valence-electron chi connectivity index (χ3n) is 3.29. The first-order valence-corrected chi connectivity index (χ1v) is 8.01. The van der Waals surface area contributed by atoms with E-state index in [-0.39, 0.29) is 12.3 Å². The number of carbonyl (C=O) groups is 2. The number of rotatable bonds is 5. The topological polar surface area (TPSA) is 102 Å². The number of imide groups is 1. The van der Waals surface area contributed by atoms with Crippen LogP contribution >= 0.6 is 11.8 Å². The van der Waals surface area contributed by atoms with Gasteiger partial charge in [-0.15, -0.1) is 5.10 Å². The van der Waals surface area contributed by atoms with Crippen molar-refractivity contribution in [2.24, 2.45) is 0 Å². The van der Waals surface area contributed by atoms with Crippen molar-refractivity contribution in [3.8, 4) is 5.69 Å². The monoisotopic (exact) mass is 334 g/mol. The Hall–Kier alpha value is -2.42. The van der Waals surface area contributed by atoms with Crippen LogP contribution in [0.4, 0.5) is 4.79 Å². The first-order chi connectivity index (χ1) is 11.0. The highest BCUT2D eigenvalue weighted by Gasteiger charge is 2.13. The molecule has 2 rings (SSSR count). The smallest absolute Gasteiger partial charge is 0.321 e. The van der Waals surface area contributed by atoms with Gasteiger partial charge in [0.25, 0.3) is 0 Å². The molecular formula is C14H18N6O2S. The van der Waals surface area contributed by atoms with E-state index in [1.807, 2.05) is 32.0 Å². The lowest BCUT2D eigenvalue weighted by Gasteiger charge is -2.09. The van der Waals surface area contributed by atoms with Gasteiger partial charge >= 0.3 is 6.03 Å². The molecule has 0 radical (unpaired) electrons. The Kier molecular flexibility index (Phi) is 5.69. The van der Waals surface area contributed by atoms with Gasteiger partial charge in [-0.2, -0.15) is 4.68 Å². The van der Waals surface area contributed by atoms with Gasteiger partial charge in [-0.25, -0.2) is 4.79 Å². The minimum absolute atomic E-state index is 0.192. The summed E-state index contributed by atoms with van der Waals surface area (Å²) in [5, 5.41) is 16.9. The minimum atomic E-state index is -0.514. The van der Waals surface area contributed by atoms with E-state index in [0.717, 1.165) is 16.8 Å². The number of hydrogen-bond acceptors (Lipinski definition) is 6. The van der Waals surface area contributed by atoms with Crippen LogP contribution in [-0.2, 0) is 4.79 Å². The summed E-state index contributed by atoms with van der Waals surface area (Å²) >= 11 is 1.36. The molecule has 1 aromatic carbocycles. The van der Waals surface area contributed by atoms with Crippen molar-refractivity contribution in [3.05, 3.63) is 29.3 Å². The van der Waals surface area contributed by atoms with Crippen molar-refractivity contribution in [3.63, 3.8) is 0 Å². The maximum absolute atomic E-state index is 11.6. The van der Waals surface area contributed by atoms with Crippen LogP contribution < -0.4 is 10.6 Å². The molecule has 9 heteroatoms. The van der Waals surface area contributed by atoms with Crippen LogP contribution in [0.3, 0.4) is 0 Å². The van der Waals surface area contributed by atoms with E-state index in [4.69, 9.17) is 0 Å². The second-order valence-electron chi connectivity index (χ2n) is 4.82. The van der Waals surface area contributed by atoms with Crippen molar-refractivity contribution in [1.82, 2.24) is 30.8 Å². The van der Waals surface area contributed by atoms with Crippen LogP contribution in [0.2, 0.25) is 0 Å². The summed E-state index contributed by atoms with van der Waals surface area (Å²) in [6.45, 7) is 4.04. The molecule has 2 aromatic rings. The molecule has 23 heavy (non-hydrogen) atoms. The Bertz CT molecular complexity index is 715. The summed E-state index contributed by atoms with van der Waals surface area (Å²) in [5.74, 6) is 0.122. The number of tetrazole rings is 1. The summed E-state index contributed by atoms with van der Waals surface area (Å²) in [6.07, 6.45) is 0.192. The fourth-order valence-electron chi connectivity index (χ4n) is 1.87. The largest absolute Gasteiger partial charge is 0.341 e. The first-order valence-electron chi connectivity index (χ1n) is 7.02. The lowest BCUT2D eigenvalue weighted by Crippen LogP contribution is -2.37. The number of nitrogens with one attached hydrogen (secondary N) is 2. The SMILES string of the molecule is CNC(=O)NC(=O)CCSc1nnnn1-c1cccc(C)c1C. The Labute approximate surface area is 138 Å². The minimum Gasteiger partial charge on any atom is -0.341 e. The second kappa shape index (κ2) is 7.73. The van der Waals surface area contributed by atoms with Crippen molar-refractivity contribution >= 4 is 23.7 Å². The van der Waals surface area contributed by atoms with Crippen LogP contribution in [0.15, 0.2) is 23.4 Å². The maximum Gasteiger partial charge on any atom is 0.321 e. The Balaban J connectivity index is 2.01.